The maximum Gasteiger partial charge on any atom is 0.747 e. The number of unbranched alkanes of at least 4 members (excludes halogenated alkanes) is 24. The molecule has 0 aromatic carbocycles. The molecule has 0 heterocycles. The maximum atomic E-state index is 11.8. The number of allylic oxidation sites excluding steroid dienone is 4. The quantitative estimate of drug-likeness (QED) is 0.0386. The van der Waals surface area contributed by atoms with Crippen LogP contribution in [-0.4, -0.2) is 13.2 Å². The normalized spacial score (nSPS) is 12.6. The molecule has 43 heavy (non-hydrogen) atoms. The largest absolute Gasteiger partial charge is 0.747 e. The number of hydrogen-bond acceptors (Lipinski definition) is 5. The van der Waals surface area contributed by atoms with Crippen LogP contribution in [0.3, 0.4) is 0 Å². The summed E-state index contributed by atoms with van der Waals surface area (Å²) in [6, 6.07) is 0. The first-order valence-electron chi connectivity index (χ1n) is 18.4. The summed E-state index contributed by atoms with van der Waals surface area (Å²) < 4.78 is 38.9. The Balaban J connectivity index is 3.34. The topological polar surface area (TPSA) is 61.8 Å². The van der Waals surface area contributed by atoms with Crippen molar-refractivity contribution in [2.45, 2.75) is 194 Å². The van der Waals surface area contributed by atoms with Crippen LogP contribution in [0.2, 0.25) is 0 Å². The lowest BCUT2D eigenvalue weighted by atomic mass is 10.1. The van der Waals surface area contributed by atoms with E-state index in [1.807, 2.05) is 0 Å². The van der Waals surface area contributed by atoms with Crippen LogP contribution in [0.1, 0.15) is 194 Å². The van der Waals surface area contributed by atoms with Gasteiger partial charge in [0.05, 0.1) is 0 Å². The average molecular weight is 645 g/mol. The van der Waals surface area contributed by atoms with Gasteiger partial charge >= 0.3 is 16.5 Å². The Labute approximate surface area is 269 Å². The van der Waals surface area contributed by atoms with Gasteiger partial charge in [-0.3, -0.25) is 0 Å². The Bertz CT molecular complexity index is 600. The van der Waals surface area contributed by atoms with Crippen molar-refractivity contribution in [3.63, 3.8) is 0 Å². The molecule has 0 fully saturated rings. The summed E-state index contributed by atoms with van der Waals surface area (Å²) in [5, 5.41) is 0. The van der Waals surface area contributed by atoms with Gasteiger partial charge in [-0.25, -0.2) is 0 Å². The van der Waals surface area contributed by atoms with Gasteiger partial charge in [0.15, 0.2) is 4.31 Å². The molecular formula is C36H70O5P2+2. The van der Waals surface area contributed by atoms with E-state index in [1.54, 1.807) is 0 Å². The van der Waals surface area contributed by atoms with Gasteiger partial charge in [0.25, 0.3) is 0 Å². The number of rotatable bonds is 36. The van der Waals surface area contributed by atoms with Crippen LogP contribution < -0.4 is 0 Å². The molecule has 252 valence electrons. The molecule has 0 bridgehead atoms. The Kier molecular flexibility index (Phi) is 37.4. The van der Waals surface area contributed by atoms with E-state index in [4.69, 9.17) is 13.4 Å². The molecule has 0 amide bonds. The molecule has 0 spiro atoms. The van der Waals surface area contributed by atoms with Crippen LogP contribution in [0.5, 0.6) is 0 Å². The van der Waals surface area contributed by atoms with Gasteiger partial charge in [-0.1, -0.05) is 154 Å². The predicted molar refractivity (Wildman–Crippen MR) is 187 cm³/mol. The third-order valence-corrected chi connectivity index (χ3v) is 9.69. The summed E-state index contributed by atoms with van der Waals surface area (Å²) in [5.41, 5.74) is 0. The zero-order valence-corrected chi connectivity index (χ0v) is 30.2. The van der Waals surface area contributed by atoms with Crippen molar-refractivity contribution in [1.29, 1.82) is 0 Å². The minimum Gasteiger partial charge on any atom is -0.116 e. The second kappa shape index (κ2) is 37.7. The van der Waals surface area contributed by atoms with Crippen molar-refractivity contribution in [3.8, 4) is 0 Å². The van der Waals surface area contributed by atoms with Crippen LogP contribution in [0.25, 0.3) is 0 Å². The van der Waals surface area contributed by atoms with Crippen LogP contribution in [0.15, 0.2) is 24.3 Å². The standard InChI is InChI=1S/C36H70O5P2/c1-3-5-7-9-11-13-15-17-19-21-23-25-27-29-31-33-35-39-42(37)41-43(38)40-36-34-32-30-28-26-24-22-20-18-16-14-12-10-8-6-4-2/h17-20H,3-16,21-36H2,1-2H3/q+2. The monoisotopic (exact) mass is 644 g/mol. The lowest BCUT2D eigenvalue weighted by molar-refractivity contribution is 0.246. The molecule has 2 unspecified atom stereocenters. The molecule has 7 heteroatoms. The lowest BCUT2D eigenvalue weighted by Crippen LogP contribution is -1.90. The average Bonchev–Trinajstić information content (AvgIpc) is 3.00. The van der Waals surface area contributed by atoms with Gasteiger partial charge in [0, 0.05) is 9.13 Å². The van der Waals surface area contributed by atoms with Crippen molar-refractivity contribution < 1.29 is 22.5 Å². The van der Waals surface area contributed by atoms with Crippen LogP contribution >= 0.6 is 16.5 Å². The Morgan fingerprint density at radius 2 is 0.628 bits per heavy atom. The van der Waals surface area contributed by atoms with E-state index >= 15 is 0 Å². The molecule has 0 aromatic heterocycles. The van der Waals surface area contributed by atoms with E-state index in [2.05, 4.69) is 38.2 Å². The fourth-order valence-corrected chi connectivity index (χ4v) is 6.45. The van der Waals surface area contributed by atoms with E-state index in [0.29, 0.717) is 13.2 Å². The first kappa shape index (κ1) is 42.6. The van der Waals surface area contributed by atoms with Crippen LogP contribution in [0, 0.1) is 0 Å². The smallest absolute Gasteiger partial charge is 0.116 e. The summed E-state index contributed by atoms with van der Waals surface area (Å²) in [4.78, 5) is 0. The summed E-state index contributed by atoms with van der Waals surface area (Å²) in [7, 11) is -4.76. The van der Waals surface area contributed by atoms with Crippen LogP contribution in [-0.2, 0) is 22.5 Å². The fraction of sp³-hybridized carbons (Fsp3) is 0.889. The molecule has 0 aliphatic heterocycles. The van der Waals surface area contributed by atoms with E-state index in [0.717, 1.165) is 38.5 Å². The minimum absolute atomic E-state index is 0.370. The van der Waals surface area contributed by atoms with E-state index in [-0.39, 0.29) is 0 Å². The van der Waals surface area contributed by atoms with Gasteiger partial charge in [-0.15, -0.1) is 9.05 Å². The first-order chi connectivity index (χ1) is 21.2. The SMILES string of the molecule is CCCCCCCCC=CCCCCCCCCO[P+](=O)O[P+](=O)OCCCCCCCCC=CCCCCCCCC. The van der Waals surface area contributed by atoms with E-state index < -0.39 is 16.5 Å². The second-order valence-electron chi connectivity index (χ2n) is 12.1. The molecule has 0 radical (unpaired) electrons. The molecule has 2 atom stereocenters. The zero-order chi connectivity index (χ0) is 31.3. The lowest BCUT2D eigenvalue weighted by Gasteiger charge is -1.99. The molecule has 0 rings (SSSR count). The highest BCUT2D eigenvalue weighted by Crippen LogP contribution is 2.39. The van der Waals surface area contributed by atoms with Crippen molar-refractivity contribution in [3.05, 3.63) is 24.3 Å². The molecule has 0 saturated heterocycles. The molecule has 0 saturated carbocycles. The predicted octanol–water partition coefficient (Wildman–Crippen LogP) is 14.4. The highest BCUT2D eigenvalue weighted by Gasteiger charge is 2.39. The molecular weight excluding hydrogens is 574 g/mol. The number of hydrogen-bond donors (Lipinski definition) is 0. The Morgan fingerprint density at radius 1 is 0.372 bits per heavy atom. The van der Waals surface area contributed by atoms with Crippen LogP contribution in [0.4, 0.5) is 0 Å². The van der Waals surface area contributed by atoms with E-state index in [1.165, 1.54) is 141 Å². The highest BCUT2D eigenvalue weighted by molar-refractivity contribution is 7.47. The highest BCUT2D eigenvalue weighted by atomic mass is 31.2. The fourth-order valence-electron chi connectivity index (χ4n) is 5.08. The third-order valence-electron chi connectivity index (χ3n) is 7.84. The summed E-state index contributed by atoms with van der Waals surface area (Å²) >= 11 is 0. The summed E-state index contributed by atoms with van der Waals surface area (Å²) in [5.74, 6) is 0. The van der Waals surface area contributed by atoms with Crippen molar-refractivity contribution >= 4 is 16.5 Å². The summed E-state index contributed by atoms with van der Waals surface area (Å²) in [6.07, 6.45) is 44.3. The first-order valence-corrected chi connectivity index (χ1v) is 20.6. The maximum absolute atomic E-state index is 11.8. The third kappa shape index (κ3) is 37.7. The minimum atomic E-state index is -2.38. The molecule has 5 nitrogen and oxygen atoms in total. The van der Waals surface area contributed by atoms with Gasteiger partial charge < -0.3 is 0 Å². The Hall–Kier alpha value is -0.440. The van der Waals surface area contributed by atoms with Gasteiger partial charge in [0.1, 0.15) is 13.2 Å². The Morgan fingerprint density at radius 3 is 0.930 bits per heavy atom. The van der Waals surface area contributed by atoms with Crippen molar-refractivity contribution in [2.75, 3.05) is 13.2 Å². The summed E-state index contributed by atoms with van der Waals surface area (Å²) in [6.45, 7) is 5.27. The van der Waals surface area contributed by atoms with Crippen molar-refractivity contribution in [1.82, 2.24) is 0 Å². The van der Waals surface area contributed by atoms with Crippen molar-refractivity contribution in [2.24, 2.45) is 0 Å². The zero-order valence-electron chi connectivity index (χ0n) is 28.5. The molecule has 0 N–H and O–H groups in total. The van der Waals surface area contributed by atoms with Gasteiger partial charge in [0.2, 0.25) is 0 Å². The van der Waals surface area contributed by atoms with Gasteiger partial charge in [-0.05, 0) is 64.2 Å². The van der Waals surface area contributed by atoms with E-state index in [9.17, 15) is 9.13 Å². The molecule has 0 aromatic rings. The molecule has 0 aliphatic rings. The molecule has 0 aliphatic carbocycles. The van der Waals surface area contributed by atoms with Gasteiger partial charge in [-0.2, -0.15) is 0 Å². The second-order valence-corrected chi connectivity index (χ2v) is 14.1.